The molecule has 19 heteroatoms. The van der Waals surface area contributed by atoms with E-state index in [0.717, 1.165) is 29.7 Å². The van der Waals surface area contributed by atoms with Crippen LogP contribution in [-0.2, 0) is 24.0 Å². The van der Waals surface area contributed by atoms with Crippen molar-refractivity contribution in [3.63, 3.8) is 0 Å². The number of nitrogens with zero attached hydrogens (tertiary/aromatic N) is 3. The number of Topliss-reactive ketones (excluding diaryl/α,β-unsaturated/α-hetero) is 1. The van der Waals surface area contributed by atoms with Crippen molar-refractivity contribution in [2.45, 2.75) is 55.7 Å². The molecule has 10 N–H and O–H groups in total. The fourth-order valence-corrected chi connectivity index (χ4v) is 7.73. The molecule has 6 atom stereocenters. The second-order valence-corrected chi connectivity index (χ2v) is 12.6. The molecule has 0 aromatic carbocycles. The minimum atomic E-state index is -1.30. The van der Waals surface area contributed by atoms with E-state index in [0.29, 0.717) is 19.3 Å². The van der Waals surface area contributed by atoms with Crippen molar-refractivity contribution >= 4 is 64.8 Å². The van der Waals surface area contributed by atoms with Crippen molar-refractivity contribution in [2.75, 3.05) is 23.0 Å². The van der Waals surface area contributed by atoms with Crippen LogP contribution in [0.25, 0.3) is 0 Å². The maximum atomic E-state index is 14.3. The summed E-state index contributed by atoms with van der Waals surface area (Å²) in [6, 6.07) is -1.44. The van der Waals surface area contributed by atoms with Crippen LogP contribution < -0.4 is 27.7 Å². The zero-order valence-electron chi connectivity index (χ0n) is 24.3. The zero-order valence-corrected chi connectivity index (χ0v) is 25.9. The highest BCUT2D eigenvalue weighted by molar-refractivity contribution is 7.99. The number of anilines is 2. The molecule has 0 saturated heterocycles. The Hall–Kier alpha value is -4.39. The van der Waals surface area contributed by atoms with Crippen LogP contribution in [-0.4, -0.2) is 88.4 Å². The molecule has 1 saturated carbocycles. The van der Waals surface area contributed by atoms with E-state index in [1.165, 1.54) is 19.9 Å². The van der Waals surface area contributed by atoms with Gasteiger partial charge in [0.15, 0.2) is 11.6 Å². The number of amides is 2. The molecule has 0 radical (unpaired) electrons. The van der Waals surface area contributed by atoms with Crippen molar-refractivity contribution in [3.8, 4) is 5.75 Å². The van der Waals surface area contributed by atoms with Gasteiger partial charge in [-0.05, 0) is 12.8 Å². The lowest BCUT2D eigenvalue weighted by molar-refractivity contribution is -0.141. The van der Waals surface area contributed by atoms with E-state index in [-0.39, 0.29) is 40.6 Å². The fourth-order valence-electron chi connectivity index (χ4n) is 4.92. The van der Waals surface area contributed by atoms with Gasteiger partial charge in [0.25, 0.3) is 5.56 Å². The number of ketones is 1. The highest BCUT2D eigenvalue weighted by Crippen LogP contribution is 2.48. The number of aliphatic carboxylic acids is 2. The van der Waals surface area contributed by atoms with E-state index in [9.17, 15) is 44.1 Å². The van der Waals surface area contributed by atoms with Gasteiger partial charge < -0.3 is 37.4 Å². The van der Waals surface area contributed by atoms with Gasteiger partial charge in [-0.3, -0.25) is 24.2 Å². The third kappa shape index (κ3) is 9.55. The highest BCUT2D eigenvalue weighted by Gasteiger charge is 2.43. The van der Waals surface area contributed by atoms with Gasteiger partial charge in [-0.2, -0.15) is 0 Å². The average Bonchev–Trinajstić information content (AvgIpc) is 2.94. The summed E-state index contributed by atoms with van der Waals surface area (Å²) in [5.74, 6) is -6.82. The van der Waals surface area contributed by atoms with Crippen LogP contribution >= 0.6 is 23.5 Å². The number of carbonyl (C=O) groups is 5. The summed E-state index contributed by atoms with van der Waals surface area (Å²) >= 11 is 2.04. The number of carbonyl (C=O) groups excluding carboxylic acids is 3. The monoisotopic (exact) mass is 666 g/mol. The number of H-pyrrole nitrogens is 1. The van der Waals surface area contributed by atoms with Gasteiger partial charge >= 0.3 is 11.9 Å². The van der Waals surface area contributed by atoms with Crippen LogP contribution in [0.5, 0.6) is 5.75 Å². The summed E-state index contributed by atoms with van der Waals surface area (Å²) in [5, 5.41) is 32.1. The molecule has 1 aliphatic rings. The minimum Gasteiger partial charge on any atom is -0.503 e. The van der Waals surface area contributed by atoms with Crippen LogP contribution in [0.15, 0.2) is 17.1 Å². The predicted octanol–water partition coefficient (Wildman–Crippen LogP) is -0.157. The van der Waals surface area contributed by atoms with Crippen molar-refractivity contribution in [3.05, 3.63) is 34.1 Å². The molecule has 0 aliphatic heterocycles. The lowest BCUT2D eigenvalue weighted by atomic mass is 9.76. The van der Waals surface area contributed by atoms with Crippen molar-refractivity contribution in [1.82, 2.24) is 30.6 Å². The first-order valence-electron chi connectivity index (χ1n) is 13.6. The first-order valence-corrected chi connectivity index (χ1v) is 15.7. The molecule has 244 valence electrons. The van der Waals surface area contributed by atoms with Crippen LogP contribution in [0.2, 0.25) is 0 Å². The topological polar surface area (TPSA) is 294 Å². The van der Waals surface area contributed by atoms with Crippen LogP contribution in [0.1, 0.15) is 55.1 Å². The van der Waals surface area contributed by atoms with Crippen LogP contribution in [0.4, 0.5) is 11.8 Å². The zero-order chi connectivity index (χ0) is 33.4. The fraction of sp³-hybridized carbons (Fsp3) is 0.500. The van der Waals surface area contributed by atoms with Gasteiger partial charge in [-0.25, -0.2) is 24.5 Å². The molecule has 6 unspecified atom stereocenters. The summed E-state index contributed by atoms with van der Waals surface area (Å²) < 4.78 is 0. The number of hydrogen-bond donors (Lipinski definition) is 8. The third-order valence-corrected chi connectivity index (χ3v) is 9.75. The SMILES string of the molecule is CC(=O)NC(CSC(c1cc(=O)[nH]c(N)n1)C1CCCC(C(SCC(NC(C)=O)C(=O)O)c2ncc(O)c(N)n2)C1=O)C(=O)O. The van der Waals surface area contributed by atoms with E-state index in [1.807, 2.05) is 0 Å². The van der Waals surface area contributed by atoms with E-state index < -0.39 is 69.5 Å². The molecule has 17 nitrogen and oxygen atoms in total. The number of nitrogens with two attached hydrogens (primary N) is 2. The van der Waals surface area contributed by atoms with Gasteiger partial charge in [0, 0.05) is 43.3 Å². The number of carboxylic acid groups (broad SMARTS) is 2. The molecule has 1 aliphatic carbocycles. The number of aromatic hydroxyl groups is 1. The lowest BCUT2D eigenvalue weighted by Crippen LogP contribution is -2.43. The van der Waals surface area contributed by atoms with E-state index in [2.05, 4.69) is 30.6 Å². The smallest absolute Gasteiger partial charge is 0.327 e. The van der Waals surface area contributed by atoms with Crippen molar-refractivity contribution < 1.29 is 39.3 Å². The number of thioether (sulfide) groups is 2. The summed E-state index contributed by atoms with van der Waals surface area (Å²) in [7, 11) is 0. The Morgan fingerprint density at radius 3 is 1.98 bits per heavy atom. The van der Waals surface area contributed by atoms with Crippen molar-refractivity contribution in [1.29, 1.82) is 0 Å². The average molecular weight is 667 g/mol. The first kappa shape index (κ1) is 35.1. The van der Waals surface area contributed by atoms with Gasteiger partial charge in [-0.1, -0.05) is 6.42 Å². The standard InChI is InChI=1S/C26H34N8O9S2/c1-10(35)30-15(24(40)41)8-44-20(14-6-18(38)33-26(28)32-14)12-4-3-5-13(19(12)39)21(23-29-7-17(37)22(27)34-23)45-9-16(25(42)43)31-11(2)36/h6-7,12-13,15-16,20-21,37H,3-5,8-9H2,1-2H3,(H,30,35)(H,31,36)(H,40,41)(H,42,43)(H2,27,29,34)(H3,28,32,33,38). The molecule has 0 spiro atoms. The highest BCUT2D eigenvalue weighted by atomic mass is 32.2. The molecule has 1 fully saturated rings. The molecule has 2 aromatic heterocycles. The van der Waals surface area contributed by atoms with Gasteiger partial charge in [0.2, 0.25) is 17.8 Å². The Kier molecular flexibility index (Phi) is 12.1. The maximum absolute atomic E-state index is 14.3. The number of rotatable bonds is 14. The maximum Gasteiger partial charge on any atom is 0.327 e. The largest absolute Gasteiger partial charge is 0.503 e. The Bertz CT molecular complexity index is 1510. The van der Waals surface area contributed by atoms with Crippen LogP contribution in [0, 0.1) is 11.8 Å². The first-order chi connectivity index (χ1) is 21.2. The second kappa shape index (κ2) is 15.6. The predicted molar refractivity (Wildman–Crippen MR) is 164 cm³/mol. The van der Waals surface area contributed by atoms with Gasteiger partial charge in [0.05, 0.1) is 22.4 Å². The second-order valence-electron chi connectivity index (χ2n) is 10.3. The number of aromatic nitrogens is 4. The Morgan fingerprint density at radius 2 is 1.49 bits per heavy atom. The molecular weight excluding hydrogens is 632 g/mol. The molecule has 45 heavy (non-hydrogen) atoms. The summed E-state index contributed by atoms with van der Waals surface area (Å²) in [4.78, 5) is 88.4. The molecule has 2 aromatic rings. The third-order valence-electron chi connectivity index (χ3n) is 6.87. The lowest BCUT2D eigenvalue weighted by Gasteiger charge is -2.36. The van der Waals surface area contributed by atoms with Crippen molar-refractivity contribution in [2.24, 2.45) is 11.8 Å². The quantitative estimate of drug-likeness (QED) is 0.130. The Labute approximate surface area is 264 Å². The summed E-state index contributed by atoms with van der Waals surface area (Å²) in [6.07, 6.45) is 2.22. The minimum absolute atomic E-state index is 0.0561. The van der Waals surface area contributed by atoms with E-state index in [4.69, 9.17) is 11.5 Å². The number of hydrogen-bond acceptors (Lipinski definition) is 14. The number of nitrogen functional groups attached to an aromatic ring is 2. The molecule has 2 heterocycles. The molecule has 3 rings (SSSR count). The molecule has 0 bridgehead atoms. The molecular formula is C26H34N8O9S2. The van der Waals surface area contributed by atoms with Crippen LogP contribution in [0.3, 0.4) is 0 Å². The summed E-state index contributed by atoms with van der Waals surface area (Å²) in [5.41, 5.74) is 11.2. The number of carboxylic acids is 2. The number of aromatic amines is 1. The Balaban J connectivity index is 2.02. The Morgan fingerprint density at radius 1 is 0.956 bits per heavy atom. The normalized spacial score (nSPS) is 19.1. The summed E-state index contributed by atoms with van der Waals surface area (Å²) in [6.45, 7) is 2.34. The van der Waals surface area contributed by atoms with Gasteiger partial charge in [0.1, 0.15) is 23.7 Å². The molecule has 2 amide bonds. The van der Waals surface area contributed by atoms with E-state index >= 15 is 0 Å². The van der Waals surface area contributed by atoms with Gasteiger partial charge in [-0.15, -0.1) is 23.5 Å². The van der Waals surface area contributed by atoms with E-state index in [1.54, 1.807) is 0 Å². The number of nitrogens with one attached hydrogen (secondary N) is 3.